The Morgan fingerprint density at radius 3 is 2.61 bits per heavy atom. The van der Waals surface area contributed by atoms with Gasteiger partial charge in [-0.15, -0.1) is 0 Å². The molecular formula is C11H20N2O5. The Hall–Kier alpha value is -1.34. The Morgan fingerprint density at radius 1 is 1.50 bits per heavy atom. The number of carboxylic acid groups (broad SMARTS) is 1. The lowest BCUT2D eigenvalue weighted by atomic mass is 9.96. The van der Waals surface area contributed by atoms with Crippen molar-refractivity contribution >= 4 is 12.0 Å². The molecule has 0 bridgehead atoms. The van der Waals surface area contributed by atoms with Crippen molar-refractivity contribution < 1.29 is 24.9 Å². The van der Waals surface area contributed by atoms with Crippen molar-refractivity contribution in [3.8, 4) is 0 Å². The third-order valence-electron chi connectivity index (χ3n) is 3.25. The Kier molecular flexibility index (Phi) is 4.53. The van der Waals surface area contributed by atoms with E-state index < -0.39 is 23.7 Å². The normalized spacial score (nSPS) is 27.4. The highest BCUT2D eigenvalue weighted by molar-refractivity contribution is 5.79. The topological polar surface area (TPSA) is 110 Å². The molecule has 0 aromatic carbocycles. The maximum atomic E-state index is 11.7. The average Bonchev–Trinajstić information content (AvgIpc) is 2.29. The lowest BCUT2D eigenvalue weighted by Crippen LogP contribution is -2.53. The number of nitrogens with one attached hydrogen (secondary N) is 1. The number of piperidine rings is 1. The lowest BCUT2D eigenvalue weighted by Gasteiger charge is -2.34. The maximum absolute atomic E-state index is 11.7. The summed E-state index contributed by atoms with van der Waals surface area (Å²) in [7, 11) is 0. The van der Waals surface area contributed by atoms with Crippen molar-refractivity contribution in [3.05, 3.63) is 0 Å². The maximum Gasteiger partial charge on any atom is 0.337 e. The monoisotopic (exact) mass is 260 g/mol. The summed E-state index contributed by atoms with van der Waals surface area (Å²) in [4.78, 5) is 23.8. The molecule has 2 amide bonds. The van der Waals surface area contributed by atoms with Gasteiger partial charge in [-0.3, -0.25) is 0 Å². The first-order chi connectivity index (χ1) is 8.24. The highest BCUT2D eigenvalue weighted by atomic mass is 16.4. The molecule has 7 nitrogen and oxygen atoms in total. The minimum atomic E-state index is -1.99. The number of rotatable bonds is 3. The fourth-order valence-corrected chi connectivity index (χ4v) is 1.67. The van der Waals surface area contributed by atoms with Crippen molar-refractivity contribution in [1.29, 1.82) is 0 Å². The first-order valence-electron chi connectivity index (χ1n) is 5.90. The molecule has 0 saturated carbocycles. The second kappa shape index (κ2) is 5.53. The minimum Gasteiger partial charge on any atom is -0.479 e. The SMILES string of the molecule is CC1CCN(C(=O)NCC(C)(O)C(=O)O)CC1O. The number of amides is 2. The van der Waals surface area contributed by atoms with Crippen molar-refractivity contribution in [2.45, 2.75) is 32.0 Å². The zero-order valence-corrected chi connectivity index (χ0v) is 10.6. The number of aliphatic hydroxyl groups excluding tert-OH is 1. The largest absolute Gasteiger partial charge is 0.479 e. The Labute approximate surface area is 105 Å². The van der Waals surface area contributed by atoms with Crippen LogP contribution in [0.2, 0.25) is 0 Å². The van der Waals surface area contributed by atoms with Crippen LogP contribution >= 0.6 is 0 Å². The van der Waals surface area contributed by atoms with Crippen LogP contribution in [0.4, 0.5) is 4.79 Å². The number of carbonyl (C=O) groups excluding carboxylic acids is 1. The fraction of sp³-hybridized carbons (Fsp3) is 0.818. The summed E-state index contributed by atoms with van der Waals surface area (Å²) >= 11 is 0. The lowest BCUT2D eigenvalue weighted by molar-refractivity contribution is -0.155. The molecule has 7 heteroatoms. The van der Waals surface area contributed by atoms with Gasteiger partial charge in [0.05, 0.1) is 12.6 Å². The molecule has 1 saturated heterocycles. The van der Waals surface area contributed by atoms with E-state index in [0.29, 0.717) is 13.0 Å². The zero-order valence-electron chi connectivity index (χ0n) is 10.6. The molecule has 3 atom stereocenters. The molecule has 4 N–H and O–H groups in total. The summed E-state index contributed by atoms with van der Waals surface area (Å²) in [6, 6.07) is -0.470. The van der Waals surface area contributed by atoms with E-state index in [1.165, 1.54) is 4.90 Å². The van der Waals surface area contributed by atoms with Gasteiger partial charge in [0.25, 0.3) is 0 Å². The molecule has 104 valence electrons. The molecule has 0 spiro atoms. The number of carboxylic acids is 1. The van der Waals surface area contributed by atoms with Crippen LogP contribution < -0.4 is 5.32 Å². The molecule has 0 aromatic heterocycles. The summed E-state index contributed by atoms with van der Waals surface area (Å²) in [5, 5.41) is 30.1. The number of carbonyl (C=O) groups is 2. The van der Waals surface area contributed by atoms with Gasteiger partial charge >= 0.3 is 12.0 Å². The van der Waals surface area contributed by atoms with Crippen LogP contribution in [0, 0.1) is 5.92 Å². The second-order valence-corrected chi connectivity index (χ2v) is 5.02. The van der Waals surface area contributed by atoms with Crippen LogP contribution in [0.5, 0.6) is 0 Å². The Balaban J connectivity index is 2.45. The molecule has 0 aromatic rings. The average molecular weight is 260 g/mol. The standard InChI is InChI=1S/C11H20N2O5/c1-7-3-4-13(5-8(7)14)10(17)12-6-11(2,18)9(15)16/h7-8,14,18H,3-6H2,1-2H3,(H,12,17)(H,15,16). The zero-order chi connectivity index (χ0) is 13.9. The van der Waals surface area contributed by atoms with E-state index >= 15 is 0 Å². The van der Waals surface area contributed by atoms with Crippen molar-refractivity contribution in [2.75, 3.05) is 19.6 Å². The Morgan fingerprint density at radius 2 is 2.11 bits per heavy atom. The van der Waals surface area contributed by atoms with E-state index in [2.05, 4.69) is 5.32 Å². The van der Waals surface area contributed by atoms with E-state index in [1.807, 2.05) is 6.92 Å². The van der Waals surface area contributed by atoms with Gasteiger partial charge in [-0.2, -0.15) is 0 Å². The number of nitrogens with zero attached hydrogens (tertiary/aromatic N) is 1. The summed E-state index contributed by atoms with van der Waals surface area (Å²) in [6.07, 6.45) is 0.133. The summed E-state index contributed by atoms with van der Waals surface area (Å²) < 4.78 is 0. The van der Waals surface area contributed by atoms with E-state index in [0.717, 1.165) is 6.92 Å². The number of β-amino-alcohol motifs (C(OH)–C–C–N with tert-alkyl or cyclic N) is 1. The summed E-state index contributed by atoms with van der Waals surface area (Å²) in [6.45, 7) is 3.39. The van der Waals surface area contributed by atoms with Crippen LogP contribution in [0.15, 0.2) is 0 Å². The van der Waals surface area contributed by atoms with Gasteiger partial charge in [-0.25, -0.2) is 9.59 Å². The van der Waals surface area contributed by atoms with E-state index in [9.17, 15) is 19.8 Å². The third kappa shape index (κ3) is 3.58. The van der Waals surface area contributed by atoms with Crippen molar-refractivity contribution in [3.63, 3.8) is 0 Å². The fourth-order valence-electron chi connectivity index (χ4n) is 1.67. The number of hydrogen-bond acceptors (Lipinski definition) is 4. The van der Waals surface area contributed by atoms with Gasteiger partial charge in [-0.1, -0.05) is 6.92 Å². The molecule has 3 unspecified atom stereocenters. The molecule has 1 fully saturated rings. The number of hydrogen-bond donors (Lipinski definition) is 4. The molecule has 18 heavy (non-hydrogen) atoms. The van der Waals surface area contributed by atoms with Crippen LogP contribution in [-0.4, -0.2) is 63.6 Å². The van der Waals surface area contributed by atoms with Crippen molar-refractivity contribution in [1.82, 2.24) is 10.2 Å². The van der Waals surface area contributed by atoms with Gasteiger partial charge in [0.2, 0.25) is 0 Å². The minimum absolute atomic E-state index is 0.149. The number of aliphatic carboxylic acids is 1. The number of urea groups is 1. The molecular weight excluding hydrogens is 240 g/mol. The predicted molar refractivity (Wildman–Crippen MR) is 63.0 cm³/mol. The van der Waals surface area contributed by atoms with Gasteiger partial charge in [0.15, 0.2) is 5.60 Å². The number of aliphatic hydroxyl groups is 2. The van der Waals surface area contributed by atoms with Gasteiger partial charge in [0.1, 0.15) is 0 Å². The van der Waals surface area contributed by atoms with Gasteiger partial charge in [-0.05, 0) is 19.3 Å². The van der Waals surface area contributed by atoms with Gasteiger partial charge < -0.3 is 25.5 Å². The van der Waals surface area contributed by atoms with E-state index in [-0.39, 0.29) is 19.0 Å². The highest BCUT2D eigenvalue weighted by Crippen LogP contribution is 2.16. The predicted octanol–water partition coefficient (Wildman–Crippen LogP) is -0.766. The van der Waals surface area contributed by atoms with E-state index in [1.54, 1.807) is 0 Å². The highest BCUT2D eigenvalue weighted by Gasteiger charge is 2.32. The quantitative estimate of drug-likeness (QED) is 0.533. The first-order valence-corrected chi connectivity index (χ1v) is 5.90. The van der Waals surface area contributed by atoms with Crippen molar-refractivity contribution in [2.24, 2.45) is 5.92 Å². The molecule has 0 radical (unpaired) electrons. The van der Waals surface area contributed by atoms with Gasteiger partial charge in [0, 0.05) is 13.1 Å². The molecule has 0 aliphatic carbocycles. The Bertz CT molecular complexity index is 331. The van der Waals surface area contributed by atoms with Crippen LogP contribution in [0.25, 0.3) is 0 Å². The van der Waals surface area contributed by atoms with Crippen LogP contribution in [0.3, 0.4) is 0 Å². The summed E-state index contributed by atoms with van der Waals surface area (Å²) in [5.74, 6) is -1.24. The third-order valence-corrected chi connectivity index (χ3v) is 3.25. The van der Waals surface area contributed by atoms with E-state index in [4.69, 9.17) is 5.11 Å². The molecule has 1 heterocycles. The number of likely N-dealkylation sites (tertiary alicyclic amines) is 1. The second-order valence-electron chi connectivity index (χ2n) is 5.02. The molecule has 1 aliphatic heterocycles. The smallest absolute Gasteiger partial charge is 0.337 e. The van der Waals surface area contributed by atoms with Crippen LogP contribution in [0.1, 0.15) is 20.3 Å². The first kappa shape index (κ1) is 14.7. The molecule has 1 rings (SSSR count). The molecule has 1 aliphatic rings. The van der Waals surface area contributed by atoms with Crippen LogP contribution in [-0.2, 0) is 4.79 Å². The summed E-state index contributed by atoms with van der Waals surface area (Å²) in [5.41, 5.74) is -1.99.